The summed E-state index contributed by atoms with van der Waals surface area (Å²) in [6, 6.07) is 19.7. The number of benzene rings is 2. The minimum atomic E-state index is -0.471. The number of thioether (sulfide) groups is 1. The number of carbonyl (C=O) groups is 1. The van der Waals surface area contributed by atoms with E-state index in [1.54, 1.807) is 10.6 Å². The van der Waals surface area contributed by atoms with Gasteiger partial charge in [0.2, 0.25) is 10.1 Å². The zero-order valence-electron chi connectivity index (χ0n) is 18.0. The van der Waals surface area contributed by atoms with Gasteiger partial charge < -0.3 is 0 Å². The predicted molar refractivity (Wildman–Crippen MR) is 136 cm³/mol. The highest BCUT2D eigenvalue weighted by atomic mass is 32.2. The van der Waals surface area contributed by atoms with Crippen molar-refractivity contribution in [2.45, 2.75) is 13.3 Å². The van der Waals surface area contributed by atoms with Gasteiger partial charge in [0.1, 0.15) is 10.1 Å². The SMILES string of the molecule is Cc1nn2c(/C=C3/C(=N)N4N=C(Cc5ccccc5)SC4=NC3=O)c(-c3ccccc3)nc2s1. The van der Waals surface area contributed by atoms with E-state index < -0.39 is 5.91 Å². The van der Waals surface area contributed by atoms with E-state index in [0.29, 0.717) is 23.0 Å². The third-order valence-corrected chi connectivity index (χ3v) is 7.09. The Morgan fingerprint density at radius 1 is 1.06 bits per heavy atom. The van der Waals surface area contributed by atoms with Crippen molar-refractivity contribution >= 4 is 56.1 Å². The Morgan fingerprint density at radius 3 is 2.56 bits per heavy atom. The first-order chi connectivity index (χ1) is 16.6. The topological polar surface area (TPSA) is 99.1 Å². The summed E-state index contributed by atoms with van der Waals surface area (Å²) in [5.41, 5.74) is 3.50. The van der Waals surface area contributed by atoms with Crippen LogP contribution in [0.3, 0.4) is 0 Å². The molecule has 4 heterocycles. The summed E-state index contributed by atoms with van der Waals surface area (Å²) >= 11 is 2.79. The largest absolute Gasteiger partial charge is 0.283 e. The molecule has 0 aliphatic carbocycles. The molecule has 1 amide bonds. The van der Waals surface area contributed by atoms with Crippen LogP contribution in [0.25, 0.3) is 22.3 Å². The molecule has 2 aromatic carbocycles. The molecule has 0 saturated carbocycles. The minimum Gasteiger partial charge on any atom is -0.282 e. The molecule has 2 aromatic heterocycles. The lowest BCUT2D eigenvalue weighted by Crippen LogP contribution is -2.35. The summed E-state index contributed by atoms with van der Waals surface area (Å²) in [5, 5.41) is 21.4. The van der Waals surface area contributed by atoms with Crippen molar-refractivity contribution in [3.8, 4) is 11.3 Å². The molecule has 0 bridgehead atoms. The molecule has 2 aliphatic heterocycles. The van der Waals surface area contributed by atoms with Gasteiger partial charge in [-0.25, -0.2) is 9.50 Å². The fraction of sp³-hybridized carbons (Fsp3) is 0.0833. The normalized spacial score (nSPS) is 16.9. The zero-order valence-corrected chi connectivity index (χ0v) is 19.6. The Hall–Kier alpha value is -3.89. The molecule has 0 unspecified atom stereocenters. The number of amides is 1. The van der Waals surface area contributed by atoms with Crippen LogP contribution in [0.1, 0.15) is 16.3 Å². The highest BCUT2D eigenvalue weighted by Crippen LogP contribution is 2.32. The molecule has 2 aliphatic rings. The molecule has 0 atom stereocenters. The van der Waals surface area contributed by atoms with E-state index in [2.05, 4.69) is 15.2 Å². The second-order valence-corrected chi connectivity index (χ2v) is 9.90. The molecular formula is C24H17N7OS2. The summed E-state index contributed by atoms with van der Waals surface area (Å²) in [7, 11) is 0. The van der Waals surface area contributed by atoms with E-state index in [1.807, 2.05) is 67.6 Å². The van der Waals surface area contributed by atoms with Crippen LogP contribution in [0.5, 0.6) is 0 Å². The van der Waals surface area contributed by atoms with Crippen LogP contribution in [-0.4, -0.2) is 41.6 Å². The van der Waals surface area contributed by atoms with Crippen molar-refractivity contribution in [2.75, 3.05) is 0 Å². The average Bonchev–Trinajstić information content (AvgIpc) is 3.50. The lowest BCUT2D eigenvalue weighted by Gasteiger charge is -2.20. The number of hydrogen-bond donors (Lipinski definition) is 1. The van der Waals surface area contributed by atoms with E-state index in [9.17, 15) is 4.79 Å². The molecule has 10 heteroatoms. The monoisotopic (exact) mass is 483 g/mol. The number of fused-ring (bicyclic) bond motifs is 2. The van der Waals surface area contributed by atoms with Crippen molar-refractivity contribution in [3.63, 3.8) is 0 Å². The van der Waals surface area contributed by atoms with Crippen LogP contribution < -0.4 is 0 Å². The van der Waals surface area contributed by atoms with Crippen LogP contribution >= 0.6 is 23.1 Å². The highest BCUT2D eigenvalue weighted by Gasteiger charge is 2.36. The highest BCUT2D eigenvalue weighted by molar-refractivity contribution is 8.26. The fourth-order valence-electron chi connectivity index (χ4n) is 3.81. The number of hydrazone groups is 1. The maximum atomic E-state index is 13.0. The van der Waals surface area contributed by atoms with Crippen molar-refractivity contribution in [2.24, 2.45) is 10.1 Å². The van der Waals surface area contributed by atoms with Gasteiger partial charge in [0.15, 0.2) is 5.84 Å². The van der Waals surface area contributed by atoms with Crippen molar-refractivity contribution in [1.29, 1.82) is 5.41 Å². The number of nitrogens with zero attached hydrogens (tertiary/aromatic N) is 6. The first-order valence-electron chi connectivity index (χ1n) is 10.5. The molecule has 8 nitrogen and oxygen atoms in total. The van der Waals surface area contributed by atoms with Gasteiger partial charge in [-0.05, 0) is 30.3 Å². The van der Waals surface area contributed by atoms with Gasteiger partial charge in [-0.1, -0.05) is 72.0 Å². The van der Waals surface area contributed by atoms with Gasteiger partial charge in [0.25, 0.3) is 5.91 Å². The molecule has 166 valence electrons. The quantitative estimate of drug-likeness (QED) is 0.427. The Kier molecular flexibility index (Phi) is 4.96. The first-order valence-corrected chi connectivity index (χ1v) is 12.1. The minimum absolute atomic E-state index is 0.00789. The van der Waals surface area contributed by atoms with Crippen LogP contribution in [0.2, 0.25) is 0 Å². The van der Waals surface area contributed by atoms with Gasteiger partial charge in [0, 0.05) is 12.0 Å². The number of aromatic nitrogens is 3. The molecular weight excluding hydrogens is 466 g/mol. The Balaban J connectivity index is 1.41. The van der Waals surface area contributed by atoms with Crippen LogP contribution in [0, 0.1) is 12.3 Å². The van der Waals surface area contributed by atoms with Crippen molar-refractivity contribution in [1.82, 2.24) is 19.6 Å². The standard InChI is InChI=1S/C24H17N7OS2/c1-14-28-30-18(20(26-23(30)33-14)16-10-6-3-7-11-16)13-17-21(25)31-24(27-22(17)32)34-19(29-31)12-15-8-4-2-5-9-15/h2-11,13,25H,12H2,1H3/b17-13-,25-21?. The van der Waals surface area contributed by atoms with Gasteiger partial charge >= 0.3 is 0 Å². The molecule has 1 N–H and O–H groups in total. The molecule has 0 spiro atoms. The summed E-state index contributed by atoms with van der Waals surface area (Å²) < 4.78 is 1.72. The van der Waals surface area contributed by atoms with Crippen LogP contribution in [-0.2, 0) is 11.2 Å². The Morgan fingerprint density at radius 2 is 1.79 bits per heavy atom. The van der Waals surface area contributed by atoms with Crippen molar-refractivity contribution < 1.29 is 4.79 Å². The number of nitrogens with one attached hydrogen (secondary N) is 1. The van der Waals surface area contributed by atoms with E-state index >= 15 is 0 Å². The summed E-state index contributed by atoms with van der Waals surface area (Å²) in [4.78, 5) is 22.7. The van der Waals surface area contributed by atoms with E-state index in [4.69, 9.17) is 10.4 Å². The lowest BCUT2D eigenvalue weighted by atomic mass is 10.1. The maximum absolute atomic E-state index is 13.0. The molecule has 0 fully saturated rings. The zero-order chi connectivity index (χ0) is 23.2. The molecule has 0 saturated heterocycles. The number of carbonyl (C=O) groups excluding carboxylic acids is 1. The number of rotatable bonds is 4. The Bertz CT molecular complexity index is 1550. The van der Waals surface area contributed by atoms with Gasteiger partial charge in [-0.2, -0.15) is 20.2 Å². The summed E-state index contributed by atoms with van der Waals surface area (Å²) in [6.07, 6.45) is 2.27. The third-order valence-electron chi connectivity index (χ3n) is 5.36. The van der Waals surface area contributed by atoms with Gasteiger partial charge in [0.05, 0.1) is 17.0 Å². The first kappa shape index (κ1) is 20.7. The number of aliphatic imine (C=N–C) groups is 1. The van der Waals surface area contributed by atoms with Gasteiger partial charge in [-0.3, -0.25) is 10.2 Å². The van der Waals surface area contributed by atoms with Crippen LogP contribution in [0.15, 0.2) is 76.3 Å². The fourth-order valence-corrected chi connectivity index (χ4v) is 5.48. The molecule has 0 radical (unpaired) electrons. The summed E-state index contributed by atoms with van der Waals surface area (Å²) in [6.45, 7) is 1.91. The molecule has 4 aromatic rings. The van der Waals surface area contributed by atoms with Crippen molar-refractivity contribution in [3.05, 3.63) is 82.5 Å². The molecule has 34 heavy (non-hydrogen) atoms. The maximum Gasteiger partial charge on any atom is 0.283 e. The average molecular weight is 484 g/mol. The smallest absolute Gasteiger partial charge is 0.282 e. The number of amidine groups is 2. The second-order valence-electron chi connectivity index (χ2n) is 7.70. The van der Waals surface area contributed by atoms with E-state index in [-0.39, 0.29) is 11.4 Å². The summed E-state index contributed by atoms with van der Waals surface area (Å²) in [5.74, 6) is -0.479. The number of imidazole rings is 1. The predicted octanol–water partition coefficient (Wildman–Crippen LogP) is 4.63. The van der Waals surface area contributed by atoms with E-state index in [0.717, 1.165) is 26.1 Å². The van der Waals surface area contributed by atoms with E-state index in [1.165, 1.54) is 28.1 Å². The molecule has 6 rings (SSSR count). The van der Waals surface area contributed by atoms with Gasteiger partial charge in [-0.15, -0.1) is 0 Å². The number of aryl methyl sites for hydroxylation is 1. The third kappa shape index (κ3) is 3.57. The Labute approximate surface area is 202 Å². The number of hydrogen-bond acceptors (Lipinski definition) is 7. The second kappa shape index (κ2) is 8.15. The lowest BCUT2D eigenvalue weighted by molar-refractivity contribution is -0.114. The van der Waals surface area contributed by atoms with Crippen LogP contribution in [0.4, 0.5) is 0 Å².